The largest absolute Gasteiger partial charge is 0.344 e. The van der Waals surface area contributed by atoms with Gasteiger partial charge in [0, 0.05) is 12.1 Å². The zero-order chi connectivity index (χ0) is 17.7. The first-order valence-electron chi connectivity index (χ1n) is 8.90. The summed E-state index contributed by atoms with van der Waals surface area (Å²) in [6.07, 6.45) is 5.67. The predicted octanol–water partition coefficient (Wildman–Crippen LogP) is 3.30. The molecule has 0 bridgehead atoms. The van der Waals surface area contributed by atoms with Crippen LogP contribution in [0.1, 0.15) is 52.0 Å². The first-order valence-corrected chi connectivity index (χ1v) is 8.90. The summed E-state index contributed by atoms with van der Waals surface area (Å²) in [4.78, 5) is 29.2. The van der Waals surface area contributed by atoms with Gasteiger partial charge in [-0.2, -0.15) is 0 Å². The van der Waals surface area contributed by atoms with Gasteiger partial charge in [0.2, 0.25) is 11.8 Å². The van der Waals surface area contributed by atoms with Crippen molar-refractivity contribution in [2.75, 3.05) is 5.32 Å². The summed E-state index contributed by atoms with van der Waals surface area (Å²) in [6.45, 7) is 8.06. The molecule has 5 heteroatoms. The van der Waals surface area contributed by atoms with Crippen LogP contribution >= 0.6 is 0 Å². The summed E-state index contributed by atoms with van der Waals surface area (Å²) in [7, 11) is 0. The van der Waals surface area contributed by atoms with E-state index in [-0.39, 0.29) is 23.7 Å². The van der Waals surface area contributed by atoms with Crippen LogP contribution in [-0.2, 0) is 9.59 Å². The van der Waals surface area contributed by atoms with Gasteiger partial charge in [-0.05, 0) is 62.1 Å². The number of carbonyl (C=O) groups is 2. The van der Waals surface area contributed by atoms with Crippen LogP contribution in [-0.4, -0.2) is 22.8 Å². The van der Waals surface area contributed by atoms with Gasteiger partial charge < -0.3 is 10.6 Å². The Bertz CT molecular complexity index is 578. The molecule has 1 atom stereocenters. The van der Waals surface area contributed by atoms with Crippen molar-refractivity contribution >= 4 is 17.6 Å². The van der Waals surface area contributed by atoms with Crippen molar-refractivity contribution in [2.45, 2.75) is 59.4 Å². The van der Waals surface area contributed by atoms with Gasteiger partial charge >= 0.3 is 0 Å². The van der Waals surface area contributed by atoms with Crippen LogP contribution in [0.5, 0.6) is 0 Å². The Morgan fingerprint density at radius 3 is 2.46 bits per heavy atom. The highest BCUT2D eigenvalue weighted by molar-refractivity contribution is 5.97. The molecule has 5 nitrogen and oxygen atoms in total. The van der Waals surface area contributed by atoms with E-state index in [2.05, 4.69) is 22.5 Å². The molecule has 1 aromatic heterocycles. The second-order valence-corrected chi connectivity index (χ2v) is 7.39. The van der Waals surface area contributed by atoms with Crippen molar-refractivity contribution in [1.29, 1.82) is 0 Å². The van der Waals surface area contributed by atoms with Crippen LogP contribution in [0.25, 0.3) is 0 Å². The maximum absolute atomic E-state index is 12.6. The predicted molar refractivity (Wildman–Crippen MR) is 95.5 cm³/mol. The SMILES string of the molecule is Cc1ccnc(NC(=O)[C@@H](NC(=O)C2CCC(C)CC2)C(C)C)c1. The third kappa shape index (κ3) is 5.05. The van der Waals surface area contributed by atoms with Gasteiger partial charge in [-0.25, -0.2) is 4.98 Å². The maximum atomic E-state index is 12.6. The second kappa shape index (κ2) is 8.27. The lowest BCUT2D eigenvalue weighted by atomic mass is 9.82. The molecule has 24 heavy (non-hydrogen) atoms. The fraction of sp³-hybridized carbons (Fsp3) is 0.632. The summed E-state index contributed by atoms with van der Waals surface area (Å²) in [5.41, 5.74) is 1.03. The molecular formula is C19H29N3O2. The van der Waals surface area contributed by atoms with Gasteiger partial charge in [0.25, 0.3) is 0 Å². The fourth-order valence-electron chi connectivity index (χ4n) is 3.14. The second-order valence-electron chi connectivity index (χ2n) is 7.39. The molecule has 132 valence electrons. The molecule has 0 spiro atoms. The lowest BCUT2D eigenvalue weighted by Gasteiger charge is -2.28. The standard InChI is InChI=1S/C19H29N3O2/c1-12(2)17(19(24)21-16-11-14(4)9-10-20-16)22-18(23)15-7-5-13(3)6-8-15/h9-13,15,17H,5-8H2,1-4H3,(H,22,23)(H,20,21,24)/t13?,15?,17-/m0/s1. The van der Waals surface area contributed by atoms with E-state index in [0.717, 1.165) is 31.2 Å². The molecule has 0 unspecified atom stereocenters. The Morgan fingerprint density at radius 1 is 1.21 bits per heavy atom. The smallest absolute Gasteiger partial charge is 0.248 e. The van der Waals surface area contributed by atoms with Crippen LogP contribution < -0.4 is 10.6 Å². The van der Waals surface area contributed by atoms with E-state index < -0.39 is 6.04 Å². The molecule has 0 aromatic carbocycles. The molecule has 2 N–H and O–H groups in total. The third-order valence-corrected chi connectivity index (χ3v) is 4.80. The number of hydrogen-bond acceptors (Lipinski definition) is 3. The van der Waals surface area contributed by atoms with Crippen LogP contribution in [0.4, 0.5) is 5.82 Å². The van der Waals surface area contributed by atoms with Gasteiger partial charge in [0.1, 0.15) is 11.9 Å². The monoisotopic (exact) mass is 331 g/mol. The molecule has 0 radical (unpaired) electrons. The number of hydrogen-bond donors (Lipinski definition) is 2. The average molecular weight is 331 g/mol. The van der Waals surface area contributed by atoms with E-state index in [9.17, 15) is 9.59 Å². The number of nitrogens with zero attached hydrogens (tertiary/aromatic N) is 1. The summed E-state index contributed by atoms with van der Waals surface area (Å²) in [5.74, 6) is 1.07. The molecule has 1 aromatic rings. The number of amides is 2. The Hall–Kier alpha value is -1.91. The molecule has 1 saturated carbocycles. The molecule has 1 aliphatic carbocycles. The van der Waals surface area contributed by atoms with Gasteiger partial charge in [-0.3, -0.25) is 9.59 Å². The highest BCUT2D eigenvalue weighted by atomic mass is 16.2. The summed E-state index contributed by atoms with van der Waals surface area (Å²) < 4.78 is 0. The van der Waals surface area contributed by atoms with Crippen molar-refractivity contribution in [3.05, 3.63) is 23.9 Å². The normalized spacial score (nSPS) is 22.0. The number of aromatic nitrogens is 1. The van der Waals surface area contributed by atoms with Crippen molar-refractivity contribution in [1.82, 2.24) is 10.3 Å². The number of nitrogens with one attached hydrogen (secondary N) is 2. The first kappa shape index (κ1) is 18.4. The highest BCUT2D eigenvalue weighted by Crippen LogP contribution is 2.28. The third-order valence-electron chi connectivity index (χ3n) is 4.80. The van der Waals surface area contributed by atoms with Gasteiger partial charge in [-0.15, -0.1) is 0 Å². The number of aryl methyl sites for hydroxylation is 1. The molecule has 1 heterocycles. The minimum Gasteiger partial charge on any atom is -0.344 e. The van der Waals surface area contributed by atoms with Crippen molar-refractivity contribution < 1.29 is 9.59 Å². The number of carbonyl (C=O) groups excluding carboxylic acids is 2. The Morgan fingerprint density at radius 2 is 1.88 bits per heavy atom. The topological polar surface area (TPSA) is 71.1 Å². The fourth-order valence-corrected chi connectivity index (χ4v) is 3.14. The maximum Gasteiger partial charge on any atom is 0.248 e. The molecule has 1 aliphatic rings. The van der Waals surface area contributed by atoms with Gasteiger partial charge in [-0.1, -0.05) is 20.8 Å². The van der Waals surface area contributed by atoms with Crippen molar-refractivity contribution in [2.24, 2.45) is 17.8 Å². The summed E-state index contributed by atoms with van der Waals surface area (Å²) in [5, 5.41) is 5.77. The summed E-state index contributed by atoms with van der Waals surface area (Å²) in [6, 6.07) is 3.15. The van der Waals surface area contributed by atoms with Crippen LogP contribution in [0.2, 0.25) is 0 Å². The van der Waals surface area contributed by atoms with Crippen LogP contribution in [0.3, 0.4) is 0 Å². The van der Waals surface area contributed by atoms with E-state index in [1.165, 1.54) is 0 Å². The van der Waals surface area contributed by atoms with Crippen molar-refractivity contribution in [3.8, 4) is 0 Å². The van der Waals surface area contributed by atoms with Gasteiger partial charge in [0.05, 0.1) is 0 Å². The van der Waals surface area contributed by atoms with E-state index in [4.69, 9.17) is 0 Å². The zero-order valence-corrected chi connectivity index (χ0v) is 15.1. The minimum atomic E-state index is -0.542. The average Bonchev–Trinajstić information content (AvgIpc) is 2.52. The number of rotatable bonds is 5. The molecule has 2 rings (SSSR count). The number of pyridine rings is 1. The molecule has 1 fully saturated rings. The first-order chi connectivity index (χ1) is 11.4. The van der Waals surface area contributed by atoms with E-state index in [1.54, 1.807) is 6.20 Å². The zero-order valence-electron chi connectivity index (χ0n) is 15.1. The lowest BCUT2D eigenvalue weighted by molar-refractivity contribution is -0.131. The Kier molecular flexibility index (Phi) is 6.35. The van der Waals surface area contributed by atoms with Crippen LogP contribution in [0, 0.1) is 24.7 Å². The minimum absolute atomic E-state index is 0.00736. The van der Waals surface area contributed by atoms with Crippen LogP contribution in [0.15, 0.2) is 18.3 Å². The lowest BCUT2D eigenvalue weighted by Crippen LogP contribution is -2.49. The molecule has 0 saturated heterocycles. The summed E-state index contributed by atoms with van der Waals surface area (Å²) >= 11 is 0. The van der Waals surface area contributed by atoms with E-state index in [1.807, 2.05) is 32.9 Å². The Balaban J connectivity index is 1.98. The van der Waals surface area contributed by atoms with Gasteiger partial charge in [0.15, 0.2) is 0 Å². The quantitative estimate of drug-likeness (QED) is 0.869. The van der Waals surface area contributed by atoms with E-state index in [0.29, 0.717) is 11.7 Å². The van der Waals surface area contributed by atoms with Crippen molar-refractivity contribution in [3.63, 3.8) is 0 Å². The number of anilines is 1. The highest BCUT2D eigenvalue weighted by Gasteiger charge is 2.30. The molecule has 2 amide bonds. The Labute approximate surface area is 144 Å². The molecule has 0 aliphatic heterocycles. The van der Waals surface area contributed by atoms with E-state index >= 15 is 0 Å². The molecular weight excluding hydrogens is 302 g/mol.